The zero-order chi connectivity index (χ0) is 10.2. The Morgan fingerprint density at radius 3 is 2.64 bits per heavy atom. The van der Waals surface area contributed by atoms with Gasteiger partial charge in [-0.2, -0.15) is 0 Å². The SMILES string of the molecule is C#CC(COCOC)c1ccccc1. The molecule has 0 bridgehead atoms. The van der Waals surface area contributed by atoms with Crippen LogP contribution in [-0.2, 0) is 9.47 Å². The average Bonchev–Trinajstić information content (AvgIpc) is 2.26. The lowest BCUT2D eigenvalue weighted by Gasteiger charge is -2.10. The molecular formula is C12H14O2. The van der Waals surface area contributed by atoms with Gasteiger partial charge in [0.2, 0.25) is 0 Å². The van der Waals surface area contributed by atoms with Crippen molar-refractivity contribution in [3.8, 4) is 12.3 Å². The second kappa shape index (κ2) is 6.20. The Kier molecular flexibility index (Phi) is 4.77. The van der Waals surface area contributed by atoms with Crippen LogP contribution in [0.4, 0.5) is 0 Å². The van der Waals surface area contributed by atoms with E-state index in [4.69, 9.17) is 15.9 Å². The van der Waals surface area contributed by atoms with E-state index in [1.54, 1.807) is 7.11 Å². The Bertz CT molecular complexity index is 287. The maximum absolute atomic E-state index is 5.42. The number of methoxy groups -OCH3 is 1. The van der Waals surface area contributed by atoms with Crippen LogP contribution in [0.1, 0.15) is 11.5 Å². The summed E-state index contributed by atoms with van der Waals surface area (Å²) in [5, 5.41) is 0. The van der Waals surface area contributed by atoms with Crippen molar-refractivity contribution in [3.63, 3.8) is 0 Å². The molecule has 1 aromatic carbocycles. The monoisotopic (exact) mass is 190 g/mol. The summed E-state index contributed by atoms with van der Waals surface area (Å²) in [5.74, 6) is 2.70. The zero-order valence-electron chi connectivity index (χ0n) is 8.27. The molecule has 0 saturated carbocycles. The number of hydrogen-bond donors (Lipinski definition) is 0. The summed E-state index contributed by atoms with van der Waals surface area (Å²) in [6.07, 6.45) is 5.42. The van der Waals surface area contributed by atoms with Crippen LogP contribution in [0.25, 0.3) is 0 Å². The Labute approximate surface area is 84.8 Å². The fraction of sp³-hybridized carbons (Fsp3) is 0.333. The first kappa shape index (κ1) is 10.8. The molecule has 0 fully saturated rings. The Hall–Kier alpha value is -1.30. The normalized spacial score (nSPS) is 12.0. The van der Waals surface area contributed by atoms with Crippen molar-refractivity contribution < 1.29 is 9.47 Å². The van der Waals surface area contributed by atoms with Crippen LogP contribution in [0.15, 0.2) is 30.3 Å². The van der Waals surface area contributed by atoms with Crippen LogP contribution < -0.4 is 0 Å². The van der Waals surface area contributed by atoms with Gasteiger partial charge in [0.1, 0.15) is 6.79 Å². The van der Waals surface area contributed by atoms with Crippen molar-refractivity contribution >= 4 is 0 Å². The molecule has 0 aliphatic carbocycles. The van der Waals surface area contributed by atoms with Gasteiger partial charge in [0.25, 0.3) is 0 Å². The van der Waals surface area contributed by atoms with Crippen LogP contribution in [0, 0.1) is 12.3 Å². The molecule has 2 heteroatoms. The summed E-state index contributed by atoms with van der Waals surface area (Å²) in [5.41, 5.74) is 1.10. The van der Waals surface area contributed by atoms with Crippen LogP contribution in [-0.4, -0.2) is 20.5 Å². The Morgan fingerprint density at radius 2 is 2.07 bits per heavy atom. The van der Waals surface area contributed by atoms with Gasteiger partial charge in [-0.15, -0.1) is 6.42 Å². The predicted octanol–water partition coefficient (Wildman–Crippen LogP) is 2.02. The van der Waals surface area contributed by atoms with E-state index in [1.807, 2.05) is 30.3 Å². The molecule has 0 aliphatic rings. The van der Waals surface area contributed by atoms with E-state index in [1.165, 1.54) is 0 Å². The maximum Gasteiger partial charge on any atom is 0.146 e. The van der Waals surface area contributed by atoms with Crippen molar-refractivity contribution in [2.45, 2.75) is 5.92 Å². The molecule has 1 aromatic rings. The first-order chi connectivity index (χ1) is 6.88. The molecular weight excluding hydrogens is 176 g/mol. The molecule has 1 rings (SSSR count). The lowest BCUT2D eigenvalue weighted by molar-refractivity contribution is -0.0318. The fourth-order valence-electron chi connectivity index (χ4n) is 1.18. The van der Waals surface area contributed by atoms with E-state index < -0.39 is 0 Å². The van der Waals surface area contributed by atoms with Crippen LogP contribution >= 0.6 is 0 Å². The smallest absolute Gasteiger partial charge is 0.146 e. The molecule has 0 saturated heterocycles. The standard InChI is InChI=1S/C12H14O2/c1-3-11(9-14-10-13-2)12-7-5-4-6-8-12/h1,4-8,11H,9-10H2,2H3. The number of ether oxygens (including phenoxy) is 2. The lowest BCUT2D eigenvalue weighted by Crippen LogP contribution is -2.07. The molecule has 0 aliphatic heterocycles. The van der Waals surface area contributed by atoms with Gasteiger partial charge in [-0.1, -0.05) is 36.3 Å². The zero-order valence-corrected chi connectivity index (χ0v) is 8.27. The van der Waals surface area contributed by atoms with Gasteiger partial charge in [0, 0.05) is 7.11 Å². The number of hydrogen-bond acceptors (Lipinski definition) is 2. The molecule has 74 valence electrons. The molecule has 0 amide bonds. The number of terminal acetylenes is 1. The quantitative estimate of drug-likeness (QED) is 0.402. The first-order valence-corrected chi connectivity index (χ1v) is 4.46. The summed E-state index contributed by atoms with van der Waals surface area (Å²) in [6.45, 7) is 0.777. The summed E-state index contributed by atoms with van der Waals surface area (Å²) in [6, 6.07) is 9.90. The Morgan fingerprint density at radius 1 is 1.36 bits per heavy atom. The van der Waals surface area contributed by atoms with Gasteiger partial charge in [-0.05, 0) is 5.56 Å². The van der Waals surface area contributed by atoms with Crippen molar-refractivity contribution in [1.29, 1.82) is 0 Å². The van der Waals surface area contributed by atoms with Crippen LogP contribution in [0.2, 0.25) is 0 Å². The van der Waals surface area contributed by atoms with Gasteiger partial charge in [-0.25, -0.2) is 0 Å². The topological polar surface area (TPSA) is 18.5 Å². The highest BCUT2D eigenvalue weighted by Crippen LogP contribution is 2.14. The molecule has 0 N–H and O–H groups in total. The second-order valence-electron chi connectivity index (χ2n) is 2.91. The van der Waals surface area contributed by atoms with E-state index in [2.05, 4.69) is 5.92 Å². The molecule has 0 aromatic heterocycles. The van der Waals surface area contributed by atoms with Crippen molar-refractivity contribution in [2.24, 2.45) is 0 Å². The van der Waals surface area contributed by atoms with E-state index in [0.29, 0.717) is 6.61 Å². The van der Waals surface area contributed by atoms with Gasteiger partial charge in [-0.3, -0.25) is 0 Å². The van der Waals surface area contributed by atoms with Crippen LogP contribution in [0.3, 0.4) is 0 Å². The third-order valence-electron chi connectivity index (χ3n) is 1.89. The molecule has 0 heterocycles. The van der Waals surface area contributed by atoms with Crippen LogP contribution in [0.5, 0.6) is 0 Å². The average molecular weight is 190 g/mol. The maximum atomic E-state index is 5.42. The fourth-order valence-corrected chi connectivity index (χ4v) is 1.18. The Balaban J connectivity index is 2.52. The molecule has 14 heavy (non-hydrogen) atoms. The summed E-state index contributed by atoms with van der Waals surface area (Å²) in [4.78, 5) is 0. The largest absolute Gasteiger partial charge is 0.359 e. The highest BCUT2D eigenvalue weighted by Gasteiger charge is 2.06. The predicted molar refractivity (Wildman–Crippen MR) is 55.8 cm³/mol. The van der Waals surface area contributed by atoms with Crippen molar-refractivity contribution in [1.82, 2.24) is 0 Å². The second-order valence-corrected chi connectivity index (χ2v) is 2.91. The number of benzene rings is 1. The molecule has 1 atom stereocenters. The minimum Gasteiger partial charge on any atom is -0.359 e. The highest BCUT2D eigenvalue weighted by atomic mass is 16.7. The van der Waals surface area contributed by atoms with E-state index in [-0.39, 0.29) is 12.7 Å². The van der Waals surface area contributed by atoms with E-state index in [0.717, 1.165) is 5.56 Å². The van der Waals surface area contributed by atoms with Crippen molar-refractivity contribution in [3.05, 3.63) is 35.9 Å². The summed E-state index contributed by atoms with van der Waals surface area (Å²) >= 11 is 0. The van der Waals surface area contributed by atoms with Gasteiger partial charge >= 0.3 is 0 Å². The molecule has 0 spiro atoms. The van der Waals surface area contributed by atoms with Crippen molar-refractivity contribution in [2.75, 3.05) is 20.5 Å². The van der Waals surface area contributed by atoms with Gasteiger partial charge < -0.3 is 9.47 Å². The van der Waals surface area contributed by atoms with E-state index >= 15 is 0 Å². The minimum atomic E-state index is 0.00588. The lowest BCUT2D eigenvalue weighted by atomic mass is 10.0. The number of rotatable bonds is 5. The third kappa shape index (κ3) is 3.21. The molecule has 1 unspecified atom stereocenters. The molecule has 0 radical (unpaired) electrons. The molecule has 2 nitrogen and oxygen atoms in total. The minimum absolute atomic E-state index is 0.00588. The van der Waals surface area contributed by atoms with E-state index in [9.17, 15) is 0 Å². The first-order valence-electron chi connectivity index (χ1n) is 4.46. The highest BCUT2D eigenvalue weighted by molar-refractivity contribution is 5.26. The summed E-state index contributed by atoms with van der Waals surface area (Å²) < 4.78 is 10.0. The van der Waals surface area contributed by atoms with Gasteiger partial charge in [0.15, 0.2) is 0 Å². The van der Waals surface area contributed by atoms with Gasteiger partial charge in [0.05, 0.1) is 12.5 Å². The third-order valence-corrected chi connectivity index (χ3v) is 1.89. The summed E-state index contributed by atoms with van der Waals surface area (Å²) in [7, 11) is 1.59.